The Hall–Kier alpha value is -0.882. The molecular formula is C15H20N2Pt. The normalized spacial score (nSPS) is 10.5. The van der Waals surface area contributed by atoms with E-state index in [9.17, 15) is 0 Å². The zero-order valence-electron chi connectivity index (χ0n) is 11.4. The van der Waals surface area contributed by atoms with E-state index in [1.54, 1.807) is 0 Å². The van der Waals surface area contributed by atoms with Crippen LogP contribution in [0.5, 0.6) is 0 Å². The molecular weight excluding hydrogens is 403 g/mol. The summed E-state index contributed by atoms with van der Waals surface area (Å²) in [6, 6.07) is 6.92. The summed E-state index contributed by atoms with van der Waals surface area (Å²) in [5.74, 6) is 0. The number of hydrogen-bond acceptors (Lipinski definition) is 1. The van der Waals surface area contributed by atoms with Crippen molar-refractivity contribution in [1.82, 2.24) is 9.78 Å². The minimum atomic E-state index is 0. The molecule has 18 heavy (non-hydrogen) atoms. The largest absolute Gasteiger partial charge is 0.270 e. The molecule has 0 saturated carbocycles. The third-order valence-corrected chi connectivity index (χ3v) is 3.16. The van der Waals surface area contributed by atoms with Crippen LogP contribution in [0.2, 0.25) is 0 Å². The van der Waals surface area contributed by atoms with Gasteiger partial charge in [0.05, 0.1) is 6.20 Å². The number of aryl methyl sites for hydroxylation is 2. The fourth-order valence-electron chi connectivity index (χ4n) is 2.19. The summed E-state index contributed by atoms with van der Waals surface area (Å²) < 4.78 is 2.02. The zero-order valence-corrected chi connectivity index (χ0v) is 13.7. The van der Waals surface area contributed by atoms with Crippen LogP contribution >= 0.6 is 0 Å². The van der Waals surface area contributed by atoms with Crippen LogP contribution in [0.4, 0.5) is 0 Å². The molecule has 2 rings (SSSR count). The van der Waals surface area contributed by atoms with E-state index in [0.29, 0.717) is 6.04 Å². The molecule has 2 nitrogen and oxygen atoms in total. The van der Waals surface area contributed by atoms with E-state index < -0.39 is 0 Å². The Balaban J connectivity index is 0.00000162. The van der Waals surface area contributed by atoms with E-state index >= 15 is 0 Å². The Morgan fingerprint density at radius 1 is 1.28 bits per heavy atom. The van der Waals surface area contributed by atoms with Crippen LogP contribution in [0.1, 0.15) is 37.9 Å². The average molecular weight is 423 g/mol. The fraction of sp³-hybridized carbons (Fsp3) is 0.400. The van der Waals surface area contributed by atoms with Crippen molar-refractivity contribution in [1.29, 1.82) is 0 Å². The second-order valence-corrected chi connectivity index (χ2v) is 4.77. The monoisotopic (exact) mass is 423 g/mol. The van der Waals surface area contributed by atoms with Crippen molar-refractivity contribution in [3.8, 4) is 11.1 Å². The Morgan fingerprint density at radius 3 is 2.56 bits per heavy atom. The number of aromatic nitrogens is 2. The number of benzene rings is 1. The maximum absolute atomic E-state index is 4.43. The minimum absolute atomic E-state index is 0. The fourth-order valence-corrected chi connectivity index (χ4v) is 2.19. The van der Waals surface area contributed by atoms with Crippen LogP contribution in [-0.4, -0.2) is 9.78 Å². The summed E-state index contributed by atoms with van der Waals surface area (Å²) in [6.07, 6.45) is 5.18. The molecule has 0 aliphatic carbocycles. The summed E-state index contributed by atoms with van der Waals surface area (Å²) >= 11 is 0. The van der Waals surface area contributed by atoms with Crippen molar-refractivity contribution in [3.05, 3.63) is 41.7 Å². The van der Waals surface area contributed by atoms with E-state index in [-0.39, 0.29) is 21.1 Å². The van der Waals surface area contributed by atoms with Crippen molar-refractivity contribution in [2.24, 2.45) is 0 Å². The molecule has 0 N–H and O–H groups in total. The molecule has 0 spiro atoms. The van der Waals surface area contributed by atoms with Crippen molar-refractivity contribution >= 4 is 0 Å². The number of nitrogens with zero attached hydrogens (tertiary/aromatic N) is 2. The van der Waals surface area contributed by atoms with Crippen molar-refractivity contribution in [2.45, 2.75) is 40.2 Å². The minimum Gasteiger partial charge on any atom is -0.270 e. The first-order valence-corrected chi connectivity index (χ1v) is 6.26. The van der Waals surface area contributed by atoms with Gasteiger partial charge in [-0.25, -0.2) is 0 Å². The molecule has 0 saturated heterocycles. The Bertz CT molecular complexity index is 515. The van der Waals surface area contributed by atoms with Gasteiger partial charge in [-0.05, 0) is 43.9 Å². The van der Waals surface area contributed by atoms with Gasteiger partial charge in [0.2, 0.25) is 0 Å². The van der Waals surface area contributed by atoms with E-state index in [1.807, 2.05) is 10.9 Å². The predicted octanol–water partition coefficient (Wildman–Crippen LogP) is 4.00. The van der Waals surface area contributed by atoms with Gasteiger partial charge in [-0.15, -0.1) is 0 Å². The molecule has 0 bridgehead atoms. The third-order valence-electron chi connectivity index (χ3n) is 3.16. The van der Waals surface area contributed by atoms with Gasteiger partial charge in [0.15, 0.2) is 0 Å². The number of hydrogen-bond donors (Lipinski definition) is 0. The first kappa shape index (κ1) is 15.2. The Kier molecular flexibility index (Phi) is 5.34. The van der Waals surface area contributed by atoms with Gasteiger partial charge in [0.25, 0.3) is 0 Å². The van der Waals surface area contributed by atoms with E-state index in [2.05, 4.69) is 57.2 Å². The van der Waals surface area contributed by atoms with Crippen LogP contribution in [-0.2, 0) is 27.5 Å². The van der Waals surface area contributed by atoms with Gasteiger partial charge in [-0.3, -0.25) is 4.68 Å². The topological polar surface area (TPSA) is 17.8 Å². The zero-order chi connectivity index (χ0) is 12.4. The Labute approximate surface area is 124 Å². The molecule has 0 fully saturated rings. The summed E-state index contributed by atoms with van der Waals surface area (Å²) in [5.41, 5.74) is 5.30. The average Bonchev–Trinajstić information content (AvgIpc) is 2.77. The standard InChI is InChI=1S/C15H20N2.Pt/c1-5-13-8-6-7-12(4)15(13)14-9-16-17(10-14)11(2)3;/h6-11H,5H2,1-4H3;. The number of rotatable bonds is 3. The molecule has 0 unspecified atom stereocenters. The van der Waals surface area contributed by atoms with Crippen molar-refractivity contribution < 1.29 is 21.1 Å². The van der Waals surface area contributed by atoms with Crippen LogP contribution in [0, 0.1) is 6.92 Å². The maximum Gasteiger partial charge on any atom is 0.0568 e. The molecule has 100 valence electrons. The molecule has 0 amide bonds. The molecule has 0 aliphatic rings. The van der Waals surface area contributed by atoms with Crippen LogP contribution in [0.15, 0.2) is 30.6 Å². The smallest absolute Gasteiger partial charge is 0.0568 e. The van der Waals surface area contributed by atoms with Gasteiger partial charge < -0.3 is 0 Å². The van der Waals surface area contributed by atoms with Crippen LogP contribution in [0.3, 0.4) is 0 Å². The van der Waals surface area contributed by atoms with E-state index in [1.165, 1.54) is 22.3 Å². The van der Waals surface area contributed by atoms with E-state index in [4.69, 9.17) is 0 Å². The van der Waals surface area contributed by atoms with Gasteiger partial charge in [-0.2, -0.15) is 5.10 Å². The maximum atomic E-state index is 4.43. The molecule has 1 heterocycles. The molecule has 2 aromatic rings. The summed E-state index contributed by atoms with van der Waals surface area (Å²) in [7, 11) is 0. The first-order valence-electron chi connectivity index (χ1n) is 6.26. The van der Waals surface area contributed by atoms with Crippen LogP contribution in [0.25, 0.3) is 11.1 Å². The first-order chi connectivity index (χ1) is 8.13. The molecule has 1 aromatic carbocycles. The molecule has 0 aliphatic heterocycles. The van der Waals surface area contributed by atoms with Crippen molar-refractivity contribution in [2.75, 3.05) is 0 Å². The van der Waals surface area contributed by atoms with Gasteiger partial charge >= 0.3 is 0 Å². The molecule has 0 radical (unpaired) electrons. The van der Waals surface area contributed by atoms with Gasteiger partial charge in [-0.1, -0.05) is 25.1 Å². The van der Waals surface area contributed by atoms with E-state index in [0.717, 1.165) is 6.42 Å². The second kappa shape index (κ2) is 6.33. The summed E-state index contributed by atoms with van der Waals surface area (Å²) in [6.45, 7) is 8.66. The van der Waals surface area contributed by atoms with Crippen LogP contribution < -0.4 is 0 Å². The van der Waals surface area contributed by atoms with Crippen molar-refractivity contribution in [3.63, 3.8) is 0 Å². The second-order valence-electron chi connectivity index (χ2n) is 4.77. The Morgan fingerprint density at radius 2 is 2.00 bits per heavy atom. The van der Waals surface area contributed by atoms with Gasteiger partial charge in [0.1, 0.15) is 0 Å². The molecule has 1 aromatic heterocycles. The molecule has 0 atom stereocenters. The molecule has 3 heteroatoms. The SMILES string of the molecule is CCc1cccc(C)c1-c1cnn(C(C)C)c1.[Pt]. The third kappa shape index (κ3) is 2.92. The summed E-state index contributed by atoms with van der Waals surface area (Å²) in [5, 5.41) is 4.43. The van der Waals surface area contributed by atoms with Gasteiger partial charge in [0, 0.05) is 38.9 Å². The predicted molar refractivity (Wildman–Crippen MR) is 72.2 cm³/mol. The quantitative estimate of drug-likeness (QED) is 0.730. The summed E-state index contributed by atoms with van der Waals surface area (Å²) in [4.78, 5) is 0.